The topological polar surface area (TPSA) is 45.1 Å². The number of benzene rings is 1. The van der Waals surface area contributed by atoms with E-state index in [9.17, 15) is 4.79 Å². The SMILES string of the molecule is CCN1N=C(c2ccc(OC3CCN(C4CCC4)CC3)cc2)C(C)C(C)C1=O. The number of rotatable bonds is 5. The Labute approximate surface area is 168 Å². The van der Waals surface area contributed by atoms with Gasteiger partial charge in [0.15, 0.2) is 0 Å². The minimum atomic E-state index is -0.0378. The number of carbonyl (C=O) groups excluding carboxylic acids is 1. The molecule has 5 nitrogen and oxygen atoms in total. The van der Waals surface area contributed by atoms with E-state index in [1.807, 2.05) is 13.8 Å². The summed E-state index contributed by atoms with van der Waals surface area (Å²) in [4.78, 5) is 15.0. The summed E-state index contributed by atoms with van der Waals surface area (Å²) in [5.41, 5.74) is 2.08. The number of nitrogens with zero attached hydrogens (tertiary/aromatic N) is 3. The molecule has 1 aromatic rings. The highest BCUT2D eigenvalue weighted by Gasteiger charge is 2.34. The fourth-order valence-corrected chi connectivity index (χ4v) is 4.51. The van der Waals surface area contributed by atoms with Gasteiger partial charge in [-0.2, -0.15) is 5.10 Å². The zero-order chi connectivity index (χ0) is 19.7. The minimum absolute atomic E-state index is 0.0378. The molecule has 1 saturated heterocycles. The van der Waals surface area contributed by atoms with E-state index in [2.05, 4.69) is 41.2 Å². The largest absolute Gasteiger partial charge is 0.490 e. The summed E-state index contributed by atoms with van der Waals surface area (Å²) in [6, 6.07) is 9.13. The van der Waals surface area contributed by atoms with Crippen LogP contribution in [0.4, 0.5) is 0 Å². The Kier molecular flexibility index (Phi) is 5.72. The molecular formula is C23H33N3O2. The third-order valence-electron chi connectivity index (χ3n) is 6.87. The van der Waals surface area contributed by atoms with Gasteiger partial charge in [0.25, 0.3) is 0 Å². The zero-order valence-electron chi connectivity index (χ0n) is 17.4. The number of hydrazone groups is 1. The van der Waals surface area contributed by atoms with E-state index in [4.69, 9.17) is 4.74 Å². The fourth-order valence-electron chi connectivity index (χ4n) is 4.51. The maximum Gasteiger partial charge on any atom is 0.246 e. The Morgan fingerprint density at radius 3 is 2.29 bits per heavy atom. The molecule has 2 atom stereocenters. The molecule has 1 aromatic carbocycles. The van der Waals surface area contributed by atoms with E-state index in [1.54, 1.807) is 5.01 Å². The van der Waals surface area contributed by atoms with Crippen molar-refractivity contribution < 1.29 is 9.53 Å². The lowest BCUT2D eigenvalue weighted by Gasteiger charge is -2.41. The van der Waals surface area contributed by atoms with Crippen molar-refractivity contribution in [3.05, 3.63) is 29.8 Å². The number of amides is 1. The quantitative estimate of drug-likeness (QED) is 0.774. The third kappa shape index (κ3) is 3.82. The van der Waals surface area contributed by atoms with Gasteiger partial charge >= 0.3 is 0 Å². The summed E-state index contributed by atoms with van der Waals surface area (Å²) in [6.45, 7) is 9.00. The van der Waals surface area contributed by atoms with Crippen LogP contribution in [0.3, 0.4) is 0 Å². The molecule has 0 N–H and O–H groups in total. The molecule has 0 aromatic heterocycles. The van der Waals surface area contributed by atoms with E-state index < -0.39 is 0 Å². The van der Waals surface area contributed by atoms with Crippen LogP contribution in [0, 0.1) is 11.8 Å². The van der Waals surface area contributed by atoms with Crippen molar-refractivity contribution in [2.24, 2.45) is 16.9 Å². The van der Waals surface area contributed by atoms with Crippen LogP contribution >= 0.6 is 0 Å². The summed E-state index contributed by atoms with van der Waals surface area (Å²) in [5.74, 6) is 1.14. The van der Waals surface area contributed by atoms with Gasteiger partial charge in [0.1, 0.15) is 11.9 Å². The van der Waals surface area contributed by atoms with Gasteiger partial charge in [0.05, 0.1) is 5.71 Å². The Morgan fingerprint density at radius 1 is 1.04 bits per heavy atom. The molecule has 1 saturated carbocycles. The summed E-state index contributed by atoms with van der Waals surface area (Å²) in [7, 11) is 0. The van der Waals surface area contributed by atoms with Gasteiger partial charge < -0.3 is 9.64 Å². The van der Waals surface area contributed by atoms with Crippen LogP contribution in [0.15, 0.2) is 29.4 Å². The van der Waals surface area contributed by atoms with E-state index in [1.165, 1.54) is 32.4 Å². The van der Waals surface area contributed by atoms with E-state index >= 15 is 0 Å². The summed E-state index contributed by atoms with van der Waals surface area (Å²) in [5, 5.41) is 6.22. The van der Waals surface area contributed by atoms with Crippen molar-refractivity contribution in [2.75, 3.05) is 19.6 Å². The molecule has 0 spiro atoms. The number of ether oxygens (including phenoxy) is 1. The third-order valence-corrected chi connectivity index (χ3v) is 6.87. The molecule has 0 bridgehead atoms. The van der Waals surface area contributed by atoms with Gasteiger partial charge in [-0.3, -0.25) is 4.79 Å². The first-order chi connectivity index (χ1) is 13.6. The van der Waals surface area contributed by atoms with Crippen LogP contribution in [0.5, 0.6) is 5.75 Å². The van der Waals surface area contributed by atoms with E-state index in [-0.39, 0.29) is 17.7 Å². The first-order valence-corrected chi connectivity index (χ1v) is 11.0. The number of hydrogen-bond donors (Lipinski definition) is 0. The van der Waals surface area contributed by atoms with Crippen molar-refractivity contribution >= 4 is 11.6 Å². The number of likely N-dealkylation sites (tertiary alicyclic amines) is 1. The first-order valence-electron chi connectivity index (χ1n) is 11.0. The van der Waals surface area contributed by atoms with Crippen LogP contribution in [-0.4, -0.2) is 53.3 Å². The van der Waals surface area contributed by atoms with Gasteiger partial charge in [-0.1, -0.05) is 20.3 Å². The smallest absolute Gasteiger partial charge is 0.246 e. The van der Waals surface area contributed by atoms with E-state index in [0.29, 0.717) is 12.6 Å². The molecule has 1 amide bonds. The van der Waals surface area contributed by atoms with Crippen molar-refractivity contribution in [3.8, 4) is 5.75 Å². The Hall–Kier alpha value is -1.88. The van der Waals surface area contributed by atoms with Crippen LogP contribution in [0.1, 0.15) is 58.4 Å². The van der Waals surface area contributed by atoms with Crippen LogP contribution in [0.2, 0.25) is 0 Å². The minimum Gasteiger partial charge on any atom is -0.490 e. The van der Waals surface area contributed by atoms with Crippen molar-refractivity contribution in [1.29, 1.82) is 0 Å². The fraction of sp³-hybridized carbons (Fsp3) is 0.652. The highest BCUT2D eigenvalue weighted by atomic mass is 16.5. The molecule has 4 rings (SSSR count). The Bertz CT molecular complexity index is 718. The highest BCUT2D eigenvalue weighted by Crippen LogP contribution is 2.30. The van der Waals surface area contributed by atoms with Crippen LogP contribution in [-0.2, 0) is 4.79 Å². The summed E-state index contributed by atoms with van der Waals surface area (Å²) < 4.78 is 6.25. The van der Waals surface area contributed by atoms with Gasteiger partial charge in [-0.15, -0.1) is 0 Å². The monoisotopic (exact) mass is 383 g/mol. The molecule has 2 unspecified atom stereocenters. The van der Waals surface area contributed by atoms with Crippen molar-refractivity contribution in [2.45, 2.75) is 65.0 Å². The Morgan fingerprint density at radius 2 is 1.71 bits per heavy atom. The number of carbonyl (C=O) groups is 1. The predicted octanol–water partition coefficient (Wildman–Crippen LogP) is 3.92. The standard InChI is InChI=1S/C23H33N3O2/c1-4-26-23(27)17(3)16(2)22(24-26)18-8-10-20(11-9-18)28-21-12-14-25(15-13-21)19-6-5-7-19/h8-11,16-17,19,21H,4-7,12-15H2,1-3H3. The van der Waals surface area contributed by atoms with E-state index in [0.717, 1.165) is 35.9 Å². The molecule has 1 aliphatic carbocycles. The lowest BCUT2D eigenvalue weighted by molar-refractivity contribution is -0.136. The van der Waals surface area contributed by atoms with Gasteiger partial charge in [-0.25, -0.2) is 5.01 Å². The molecular weight excluding hydrogens is 350 g/mol. The summed E-state index contributed by atoms with van der Waals surface area (Å²) in [6.07, 6.45) is 6.73. The molecule has 2 fully saturated rings. The van der Waals surface area contributed by atoms with Crippen LogP contribution < -0.4 is 4.74 Å². The average molecular weight is 384 g/mol. The maximum absolute atomic E-state index is 12.3. The van der Waals surface area contributed by atoms with Crippen molar-refractivity contribution in [1.82, 2.24) is 9.91 Å². The zero-order valence-corrected chi connectivity index (χ0v) is 17.4. The lowest BCUT2D eigenvalue weighted by Crippen LogP contribution is -2.46. The molecule has 152 valence electrons. The molecule has 2 aliphatic heterocycles. The Balaban J connectivity index is 1.38. The van der Waals surface area contributed by atoms with Gasteiger partial charge in [0.2, 0.25) is 5.91 Å². The highest BCUT2D eigenvalue weighted by molar-refractivity contribution is 6.06. The van der Waals surface area contributed by atoms with Crippen molar-refractivity contribution in [3.63, 3.8) is 0 Å². The normalized spacial score (nSPS) is 27.5. The van der Waals surface area contributed by atoms with Gasteiger partial charge in [-0.05, 0) is 62.4 Å². The second kappa shape index (κ2) is 8.24. The average Bonchev–Trinajstić information content (AvgIpc) is 2.67. The predicted molar refractivity (Wildman–Crippen MR) is 112 cm³/mol. The molecule has 5 heteroatoms. The second-order valence-electron chi connectivity index (χ2n) is 8.58. The number of hydrogen-bond acceptors (Lipinski definition) is 4. The first kappa shape index (κ1) is 19.4. The molecule has 3 aliphatic rings. The molecule has 2 heterocycles. The van der Waals surface area contributed by atoms with Crippen LogP contribution in [0.25, 0.3) is 0 Å². The summed E-state index contributed by atoms with van der Waals surface area (Å²) >= 11 is 0. The van der Waals surface area contributed by atoms with Gasteiger partial charge in [0, 0.05) is 37.5 Å². The second-order valence-corrected chi connectivity index (χ2v) is 8.58. The number of piperidine rings is 1. The molecule has 0 radical (unpaired) electrons. The molecule has 28 heavy (non-hydrogen) atoms. The lowest BCUT2D eigenvalue weighted by atomic mass is 9.85. The maximum atomic E-state index is 12.3.